The quantitative estimate of drug-likeness (QED) is 0.328. The van der Waals surface area contributed by atoms with Crippen molar-refractivity contribution in [3.05, 3.63) is 30.1 Å². The Balaban J connectivity index is 2.88. The van der Waals surface area contributed by atoms with Gasteiger partial charge in [0.2, 0.25) is 5.90 Å². The fourth-order valence-electron chi connectivity index (χ4n) is 0.632. The van der Waals surface area contributed by atoms with Crippen LogP contribution in [0.2, 0.25) is 0 Å². The Morgan fingerprint density at radius 2 is 2.50 bits per heavy atom. The van der Waals surface area contributed by atoms with Gasteiger partial charge in [0.15, 0.2) is 23.0 Å². The lowest BCUT2D eigenvalue weighted by molar-refractivity contribution is 0.724. The Kier molecular flexibility index (Phi) is 5.23. The second-order valence-corrected chi connectivity index (χ2v) is 3.73. The van der Waals surface area contributed by atoms with Crippen LogP contribution in [-0.4, -0.2) is 10.9 Å². The summed E-state index contributed by atoms with van der Waals surface area (Å²) < 4.78 is 9.09. The standard InChI is InChI=1S/C6H4I2N2OS/c7-11-6(10-12-8)5-2-1-3-9-4-5/h1-4H/b10-6-. The molecule has 3 nitrogen and oxygen atoms in total. The van der Waals surface area contributed by atoms with E-state index in [4.69, 9.17) is 3.07 Å². The molecule has 0 atom stereocenters. The van der Waals surface area contributed by atoms with Gasteiger partial charge < -0.3 is 3.07 Å². The van der Waals surface area contributed by atoms with Gasteiger partial charge in [0, 0.05) is 33.6 Å². The van der Waals surface area contributed by atoms with Gasteiger partial charge in [-0.15, -0.1) is 0 Å². The van der Waals surface area contributed by atoms with Crippen LogP contribution in [0.5, 0.6) is 0 Å². The summed E-state index contributed by atoms with van der Waals surface area (Å²) in [5, 5.41) is 0. The van der Waals surface area contributed by atoms with E-state index in [9.17, 15) is 0 Å². The molecule has 0 saturated heterocycles. The maximum Gasteiger partial charge on any atom is 0.240 e. The monoisotopic (exact) mass is 406 g/mol. The fourth-order valence-corrected chi connectivity index (χ4v) is 1.86. The average molecular weight is 406 g/mol. The molecule has 0 aromatic carbocycles. The van der Waals surface area contributed by atoms with Crippen LogP contribution in [-0.2, 0) is 3.07 Å². The first-order chi connectivity index (χ1) is 5.88. The van der Waals surface area contributed by atoms with Crippen molar-refractivity contribution in [2.45, 2.75) is 0 Å². The molecular formula is C6H4I2N2OS. The first-order valence-electron chi connectivity index (χ1n) is 2.93. The van der Waals surface area contributed by atoms with Gasteiger partial charge in [-0.25, -0.2) is 0 Å². The maximum atomic E-state index is 5.03. The minimum atomic E-state index is 0.586. The van der Waals surface area contributed by atoms with E-state index >= 15 is 0 Å². The Hall–Kier alpha value is 0.430. The van der Waals surface area contributed by atoms with Crippen LogP contribution >= 0.6 is 53.3 Å². The predicted molar refractivity (Wildman–Crippen MR) is 67.5 cm³/mol. The van der Waals surface area contributed by atoms with E-state index in [0.29, 0.717) is 5.90 Å². The first-order valence-corrected chi connectivity index (χ1v) is 7.13. The van der Waals surface area contributed by atoms with Crippen LogP contribution in [0.3, 0.4) is 0 Å². The van der Waals surface area contributed by atoms with Crippen molar-refractivity contribution in [3.8, 4) is 0 Å². The smallest absolute Gasteiger partial charge is 0.240 e. The van der Waals surface area contributed by atoms with Crippen LogP contribution in [0.15, 0.2) is 28.9 Å². The van der Waals surface area contributed by atoms with Crippen LogP contribution < -0.4 is 0 Å². The highest BCUT2D eigenvalue weighted by Gasteiger charge is 2.02. The SMILES string of the molecule is IO/C(=N\SI)c1cccnc1. The number of aromatic nitrogens is 1. The molecule has 0 aliphatic heterocycles. The molecular weight excluding hydrogens is 402 g/mol. The van der Waals surface area contributed by atoms with E-state index in [0.717, 1.165) is 5.56 Å². The molecule has 0 aliphatic carbocycles. The lowest BCUT2D eigenvalue weighted by atomic mass is 10.3. The van der Waals surface area contributed by atoms with Crippen LogP contribution in [0, 0.1) is 0 Å². The normalized spacial score (nSPS) is 11.3. The minimum absolute atomic E-state index is 0.586. The van der Waals surface area contributed by atoms with Gasteiger partial charge in [-0.3, -0.25) is 4.98 Å². The third kappa shape index (κ3) is 3.05. The second kappa shape index (κ2) is 5.97. The van der Waals surface area contributed by atoms with E-state index in [1.165, 1.54) is 9.12 Å². The zero-order chi connectivity index (χ0) is 8.81. The summed E-state index contributed by atoms with van der Waals surface area (Å²) in [5.74, 6) is 0.586. The van der Waals surface area contributed by atoms with E-state index in [-0.39, 0.29) is 0 Å². The molecule has 1 aromatic rings. The molecule has 0 radical (unpaired) electrons. The molecule has 0 N–H and O–H groups in total. The Bertz CT molecular complexity index is 268. The number of hydrogen-bond donors (Lipinski definition) is 0. The largest absolute Gasteiger partial charge is 0.407 e. The highest BCUT2D eigenvalue weighted by molar-refractivity contribution is 14.2. The summed E-state index contributed by atoms with van der Waals surface area (Å²) in [5.41, 5.74) is 0.885. The minimum Gasteiger partial charge on any atom is -0.407 e. The maximum absolute atomic E-state index is 5.03. The van der Waals surface area contributed by atoms with Crippen molar-refractivity contribution in [2.75, 3.05) is 0 Å². The third-order valence-electron chi connectivity index (χ3n) is 1.10. The number of halogens is 2. The summed E-state index contributed by atoms with van der Waals surface area (Å²) in [6.07, 6.45) is 3.43. The molecule has 6 heteroatoms. The van der Waals surface area contributed by atoms with Crippen molar-refractivity contribution in [3.63, 3.8) is 0 Å². The van der Waals surface area contributed by atoms with Crippen LogP contribution in [0.25, 0.3) is 0 Å². The van der Waals surface area contributed by atoms with Gasteiger partial charge >= 0.3 is 0 Å². The Morgan fingerprint density at radius 1 is 1.67 bits per heavy atom. The molecule has 1 heterocycles. The molecule has 0 aliphatic rings. The van der Waals surface area contributed by atoms with E-state index < -0.39 is 0 Å². The van der Waals surface area contributed by atoms with Gasteiger partial charge in [-0.05, 0) is 12.1 Å². The predicted octanol–water partition coefficient (Wildman–Crippen LogP) is 3.19. The van der Waals surface area contributed by atoms with E-state index in [2.05, 4.69) is 30.6 Å². The lowest BCUT2D eigenvalue weighted by Gasteiger charge is -1.99. The van der Waals surface area contributed by atoms with Crippen molar-refractivity contribution >= 4 is 59.2 Å². The molecule has 1 aromatic heterocycles. The second-order valence-electron chi connectivity index (χ2n) is 1.78. The lowest BCUT2D eigenvalue weighted by Crippen LogP contribution is -1.98. The number of nitrogens with zero attached hydrogens (tertiary/aromatic N) is 2. The molecule has 64 valence electrons. The molecule has 0 fully saturated rings. The summed E-state index contributed by atoms with van der Waals surface area (Å²) >= 11 is 3.88. The summed E-state index contributed by atoms with van der Waals surface area (Å²) in [6, 6.07) is 3.75. The molecule has 0 amide bonds. The fraction of sp³-hybridized carbons (Fsp3) is 0. The van der Waals surface area contributed by atoms with Crippen molar-refractivity contribution in [1.82, 2.24) is 4.98 Å². The summed E-state index contributed by atoms with van der Waals surface area (Å²) in [6.45, 7) is 0. The number of rotatable bonds is 2. The molecule has 0 bridgehead atoms. The molecule has 0 spiro atoms. The number of hydrogen-bond acceptors (Lipinski definition) is 4. The van der Waals surface area contributed by atoms with E-state index in [1.54, 1.807) is 35.4 Å². The highest BCUT2D eigenvalue weighted by Crippen LogP contribution is 2.16. The van der Waals surface area contributed by atoms with Gasteiger partial charge in [0.1, 0.15) is 0 Å². The van der Waals surface area contributed by atoms with Crippen LogP contribution in [0.4, 0.5) is 0 Å². The molecule has 12 heavy (non-hydrogen) atoms. The van der Waals surface area contributed by atoms with Gasteiger partial charge in [0.25, 0.3) is 0 Å². The van der Waals surface area contributed by atoms with E-state index in [1.807, 2.05) is 12.1 Å². The molecule has 1 rings (SSSR count). The Morgan fingerprint density at radius 3 is 3.00 bits per heavy atom. The zero-order valence-electron chi connectivity index (χ0n) is 5.78. The summed E-state index contributed by atoms with van der Waals surface area (Å²) in [4.78, 5) is 3.96. The summed E-state index contributed by atoms with van der Waals surface area (Å²) in [7, 11) is 1.33. The van der Waals surface area contributed by atoms with Crippen molar-refractivity contribution in [1.29, 1.82) is 0 Å². The van der Waals surface area contributed by atoms with Crippen molar-refractivity contribution in [2.24, 2.45) is 4.40 Å². The topological polar surface area (TPSA) is 34.5 Å². The van der Waals surface area contributed by atoms with Gasteiger partial charge in [-0.2, -0.15) is 4.40 Å². The Labute approximate surface area is 101 Å². The molecule has 0 saturated carbocycles. The number of pyridine rings is 1. The average Bonchev–Trinajstić information content (AvgIpc) is 2.15. The van der Waals surface area contributed by atoms with Gasteiger partial charge in [0.05, 0.1) is 14.7 Å². The highest BCUT2D eigenvalue weighted by atomic mass is 127. The third-order valence-corrected chi connectivity index (χ3v) is 2.34. The van der Waals surface area contributed by atoms with Crippen molar-refractivity contribution < 1.29 is 3.07 Å². The first kappa shape index (κ1) is 10.5. The van der Waals surface area contributed by atoms with Gasteiger partial charge in [-0.1, -0.05) is 0 Å². The van der Waals surface area contributed by atoms with Crippen LogP contribution in [0.1, 0.15) is 5.56 Å². The molecule has 0 unspecified atom stereocenters. The zero-order valence-corrected chi connectivity index (χ0v) is 10.9.